The summed E-state index contributed by atoms with van der Waals surface area (Å²) in [6, 6.07) is 6.44. The molecule has 1 saturated carbocycles. The van der Waals surface area contributed by atoms with Crippen LogP contribution < -0.4 is 5.32 Å². The third-order valence-corrected chi connectivity index (χ3v) is 3.88. The molecule has 3 heteroatoms. The van der Waals surface area contributed by atoms with Crippen LogP contribution in [-0.4, -0.2) is 17.3 Å². The Balaban J connectivity index is 2.10. The third kappa shape index (κ3) is 2.77. The van der Waals surface area contributed by atoms with Gasteiger partial charge in [-0.05, 0) is 53.4 Å². The molecule has 2 rings (SSSR count). The fourth-order valence-electron chi connectivity index (χ4n) is 2.23. The predicted molar refractivity (Wildman–Crippen MR) is 70.8 cm³/mol. The molecule has 0 heterocycles. The van der Waals surface area contributed by atoms with E-state index < -0.39 is 0 Å². The van der Waals surface area contributed by atoms with Crippen molar-refractivity contribution in [3.8, 4) is 0 Å². The topological polar surface area (TPSA) is 32.3 Å². The van der Waals surface area contributed by atoms with Crippen molar-refractivity contribution in [2.24, 2.45) is 0 Å². The Kier molecular flexibility index (Phi) is 3.87. The van der Waals surface area contributed by atoms with E-state index in [1.807, 2.05) is 6.07 Å². The van der Waals surface area contributed by atoms with Gasteiger partial charge in [-0.25, -0.2) is 0 Å². The lowest BCUT2D eigenvalue weighted by molar-refractivity contribution is 0.116. The number of aliphatic hydroxyl groups excluding tert-OH is 1. The van der Waals surface area contributed by atoms with Crippen LogP contribution in [0.3, 0.4) is 0 Å². The van der Waals surface area contributed by atoms with E-state index in [1.165, 1.54) is 12.0 Å². The Bertz CT molecular complexity index is 367. The normalized spacial score (nSPS) is 25.4. The highest BCUT2D eigenvalue weighted by atomic mass is 79.9. The van der Waals surface area contributed by atoms with Gasteiger partial charge in [0.25, 0.3) is 0 Å². The van der Waals surface area contributed by atoms with E-state index in [2.05, 4.69) is 40.3 Å². The molecular formula is C13H18BrNO. The Labute approximate surface area is 105 Å². The minimum Gasteiger partial charge on any atom is -0.391 e. The number of hydrogen-bond acceptors (Lipinski definition) is 2. The minimum absolute atomic E-state index is 0.201. The van der Waals surface area contributed by atoms with Gasteiger partial charge in [-0.15, -0.1) is 0 Å². The molecule has 0 spiro atoms. The number of benzene rings is 1. The molecule has 0 saturated heterocycles. The first-order chi connectivity index (χ1) is 7.66. The van der Waals surface area contributed by atoms with Gasteiger partial charge in [0.2, 0.25) is 0 Å². The molecule has 1 aliphatic carbocycles. The van der Waals surface area contributed by atoms with Crippen LogP contribution in [0.25, 0.3) is 0 Å². The van der Waals surface area contributed by atoms with Crippen molar-refractivity contribution in [3.05, 3.63) is 28.2 Å². The summed E-state index contributed by atoms with van der Waals surface area (Å²) in [4.78, 5) is 0. The molecule has 2 nitrogen and oxygen atoms in total. The first kappa shape index (κ1) is 11.9. The summed E-state index contributed by atoms with van der Waals surface area (Å²) in [5.74, 6) is 0. The highest BCUT2D eigenvalue weighted by Crippen LogP contribution is 2.27. The fourth-order valence-corrected chi connectivity index (χ4v) is 2.59. The molecule has 0 bridgehead atoms. The Morgan fingerprint density at radius 2 is 2.06 bits per heavy atom. The molecule has 0 aliphatic heterocycles. The number of halogens is 1. The molecule has 2 N–H and O–H groups in total. The molecule has 0 aromatic heterocycles. The third-order valence-electron chi connectivity index (χ3n) is 3.19. The van der Waals surface area contributed by atoms with Crippen LogP contribution in [0.2, 0.25) is 0 Å². The molecule has 1 aliphatic rings. The van der Waals surface area contributed by atoms with E-state index in [9.17, 15) is 5.11 Å². The van der Waals surface area contributed by atoms with Gasteiger partial charge in [0.05, 0.1) is 12.1 Å². The van der Waals surface area contributed by atoms with Crippen molar-refractivity contribution < 1.29 is 5.11 Å². The van der Waals surface area contributed by atoms with Crippen molar-refractivity contribution in [2.45, 2.75) is 44.8 Å². The lowest BCUT2D eigenvalue weighted by Crippen LogP contribution is -2.36. The number of hydrogen-bond donors (Lipinski definition) is 2. The molecule has 0 radical (unpaired) electrons. The van der Waals surface area contributed by atoms with E-state index in [-0.39, 0.29) is 12.1 Å². The van der Waals surface area contributed by atoms with Gasteiger partial charge in [0.1, 0.15) is 0 Å². The van der Waals surface area contributed by atoms with Gasteiger partial charge >= 0.3 is 0 Å². The molecule has 1 aromatic rings. The number of anilines is 1. The van der Waals surface area contributed by atoms with Gasteiger partial charge in [-0.3, -0.25) is 0 Å². The summed E-state index contributed by atoms with van der Waals surface area (Å²) in [5, 5.41) is 13.4. The summed E-state index contributed by atoms with van der Waals surface area (Å²) in [6.45, 7) is 2.08. The first-order valence-corrected chi connectivity index (χ1v) is 6.67. The van der Waals surface area contributed by atoms with Gasteiger partial charge in [0, 0.05) is 10.2 Å². The summed E-state index contributed by atoms with van der Waals surface area (Å²) >= 11 is 3.53. The van der Waals surface area contributed by atoms with Crippen molar-refractivity contribution in [1.82, 2.24) is 0 Å². The van der Waals surface area contributed by atoms with Gasteiger partial charge in [-0.2, -0.15) is 0 Å². The smallest absolute Gasteiger partial charge is 0.0741 e. The van der Waals surface area contributed by atoms with E-state index in [1.54, 1.807) is 0 Å². The van der Waals surface area contributed by atoms with E-state index >= 15 is 0 Å². The lowest BCUT2D eigenvalue weighted by Gasteiger charge is -2.29. The van der Waals surface area contributed by atoms with Crippen molar-refractivity contribution in [1.29, 1.82) is 0 Å². The summed E-state index contributed by atoms with van der Waals surface area (Å²) < 4.78 is 1.07. The summed E-state index contributed by atoms with van der Waals surface area (Å²) in [7, 11) is 0. The number of nitrogens with one attached hydrogen (secondary N) is 1. The van der Waals surface area contributed by atoms with Crippen LogP contribution in [0.15, 0.2) is 22.7 Å². The molecule has 0 unspecified atom stereocenters. The van der Waals surface area contributed by atoms with Crippen LogP contribution in [0.1, 0.15) is 31.2 Å². The quantitative estimate of drug-likeness (QED) is 0.871. The van der Waals surface area contributed by atoms with Gasteiger partial charge < -0.3 is 10.4 Å². The maximum absolute atomic E-state index is 9.91. The maximum atomic E-state index is 9.91. The van der Waals surface area contributed by atoms with Crippen molar-refractivity contribution in [3.63, 3.8) is 0 Å². The molecule has 88 valence electrons. The van der Waals surface area contributed by atoms with Crippen LogP contribution >= 0.6 is 15.9 Å². The SMILES string of the molecule is Cc1ccc(Br)c(N[C@H]2CCCC[C@@H]2O)c1. The number of rotatable bonds is 2. The second kappa shape index (κ2) is 5.19. The molecule has 0 amide bonds. The van der Waals surface area contributed by atoms with Gasteiger partial charge in [-0.1, -0.05) is 18.9 Å². The fraction of sp³-hybridized carbons (Fsp3) is 0.538. The molecule has 2 atom stereocenters. The first-order valence-electron chi connectivity index (χ1n) is 5.87. The zero-order valence-corrected chi connectivity index (χ0v) is 11.1. The molecule has 16 heavy (non-hydrogen) atoms. The van der Waals surface area contributed by atoms with E-state index in [0.29, 0.717) is 0 Å². The number of aryl methyl sites for hydroxylation is 1. The molecular weight excluding hydrogens is 266 g/mol. The van der Waals surface area contributed by atoms with E-state index in [0.717, 1.165) is 29.4 Å². The lowest BCUT2D eigenvalue weighted by atomic mass is 9.92. The average molecular weight is 284 g/mol. The second-order valence-electron chi connectivity index (χ2n) is 4.59. The molecule has 1 aromatic carbocycles. The Morgan fingerprint density at radius 3 is 2.81 bits per heavy atom. The van der Waals surface area contributed by atoms with Crippen molar-refractivity contribution >= 4 is 21.6 Å². The second-order valence-corrected chi connectivity index (χ2v) is 5.44. The predicted octanol–water partition coefficient (Wildman–Crippen LogP) is 3.47. The maximum Gasteiger partial charge on any atom is 0.0741 e. The van der Waals surface area contributed by atoms with Gasteiger partial charge in [0.15, 0.2) is 0 Å². The summed E-state index contributed by atoms with van der Waals surface area (Å²) in [6.07, 6.45) is 4.12. The van der Waals surface area contributed by atoms with Crippen LogP contribution in [0, 0.1) is 6.92 Å². The van der Waals surface area contributed by atoms with Crippen LogP contribution in [0.5, 0.6) is 0 Å². The highest BCUT2D eigenvalue weighted by molar-refractivity contribution is 9.10. The van der Waals surface area contributed by atoms with Crippen molar-refractivity contribution in [2.75, 3.05) is 5.32 Å². The monoisotopic (exact) mass is 283 g/mol. The minimum atomic E-state index is -0.207. The van der Waals surface area contributed by atoms with Crippen LogP contribution in [-0.2, 0) is 0 Å². The van der Waals surface area contributed by atoms with Crippen LogP contribution in [0.4, 0.5) is 5.69 Å². The Morgan fingerprint density at radius 1 is 1.31 bits per heavy atom. The average Bonchev–Trinajstić information content (AvgIpc) is 2.27. The molecule has 1 fully saturated rings. The highest BCUT2D eigenvalue weighted by Gasteiger charge is 2.23. The largest absolute Gasteiger partial charge is 0.391 e. The summed E-state index contributed by atoms with van der Waals surface area (Å²) in [5.41, 5.74) is 2.32. The zero-order chi connectivity index (χ0) is 11.5. The Hall–Kier alpha value is -0.540. The number of aliphatic hydroxyl groups is 1. The zero-order valence-electron chi connectivity index (χ0n) is 9.54. The standard InChI is InChI=1S/C13H18BrNO/c1-9-6-7-10(14)12(8-9)15-11-4-2-3-5-13(11)16/h6-8,11,13,15-16H,2-5H2,1H3/t11-,13-/m0/s1. The van der Waals surface area contributed by atoms with E-state index in [4.69, 9.17) is 0 Å².